The van der Waals surface area contributed by atoms with Crippen LogP contribution in [0.1, 0.15) is 12.0 Å². The smallest absolute Gasteiger partial charge is 0.398 e. The fourth-order valence-corrected chi connectivity index (χ4v) is 2.47. The minimum Gasteiger partial charge on any atom is -0.398 e. The molecule has 104 valence electrons. The zero-order valence-corrected chi connectivity index (χ0v) is 10.7. The number of aliphatic hydroxyl groups is 1. The van der Waals surface area contributed by atoms with Crippen molar-refractivity contribution in [2.75, 3.05) is 5.73 Å². The maximum atomic E-state index is 13.3. The van der Waals surface area contributed by atoms with E-state index in [4.69, 9.17) is 17.3 Å². The lowest BCUT2D eigenvalue weighted by Crippen LogP contribution is -2.45. The average Bonchev–Trinajstić information content (AvgIpc) is 3.03. The molecule has 0 heterocycles. The van der Waals surface area contributed by atoms with E-state index in [1.807, 2.05) is 0 Å². The summed E-state index contributed by atoms with van der Waals surface area (Å²) in [7, 11) is 0. The number of nitrogens with two attached hydrogens (primary N) is 1. The molecule has 2 rings (SSSR count). The fourth-order valence-electron chi connectivity index (χ4n) is 2.13. The third-order valence-corrected chi connectivity index (χ3v) is 3.87. The Bertz CT molecular complexity index is 517. The maximum Gasteiger partial charge on any atom is 0.425 e. The molecule has 3 N–H and O–H groups in total. The highest BCUT2D eigenvalue weighted by molar-refractivity contribution is 6.22. The second-order valence-corrected chi connectivity index (χ2v) is 5.24. The summed E-state index contributed by atoms with van der Waals surface area (Å²) in [4.78, 5) is 0. The molecule has 0 bridgehead atoms. The number of hydrogen-bond acceptors (Lipinski definition) is 2. The number of nitrogen functional groups attached to an aromatic ring is 1. The number of para-hydroxylation sites is 1. The first-order valence-electron chi connectivity index (χ1n) is 5.67. The third kappa shape index (κ3) is 2.21. The highest BCUT2D eigenvalue weighted by Gasteiger charge is 2.61. The van der Waals surface area contributed by atoms with Gasteiger partial charge in [0, 0.05) is 22.5 Å². The number of alkyl halides is 4. The highest BCUT2D eigenvalue weighted by atomic mass is 35.5. The van der Waals surface area contributed by atoms with Crippen LogP contribution in [0.2, 0.25) is 0 Å². The van der Waals surface area contributed by atoms with Crippen molar-refractivity contribution >= 4 is 17.3 Å². The lowest BCUT2D eigenvalue weighted by atomic mass is 9.82. The van der Waals surface area contributed by atoms with E-state index < -0.39 is 28.6 Å². The molecule has 6 heteroatoms. The van der Waals surface area contributed by atoms with E-state index in [1.54, 1.807) is 0 Å². The maximum absolute atomic E-state index is 13.3. The third-order valence-electron chi connectivity index (χ3n) is 3.39. The number of hydrogen-bond donors (Lipinski definition) is 2. The van der Waals surface area contributed by atoms with E-state index in [0.717, 1.165) is 6.07 Å². The van der Waals surface area contributed by atoms with E-state index in [1.165, 1.54) is 18.2 Å². The van der Waals surface area contributed by atoms with Crippen molar-refractivity contribution < 1.29 is 18.3 Å². The summed E-state index contributed by atoms with van der Waals surface area (Å²) in [5, 5.41) is 9.82. The number of benzene rings is 1. The Labute approximate surface area is 113 Å². The first kappa shape index (κ1) is 14.2. The van der Waals surface area contributed by atoms with E-state index >= 15 is 0 Å². The normalized spacial score (nSPS) is 25.7. The van der Waals surface area contributed by atoms with Crippen molar-refractivity contribution in [2.24, 2.45) is 5.92 Å². The number of halogens is 4. The molecule has 2 nitrogen and oxygen atoms in total. The average molecular weight is 292 g/mol. The summed E-state index contributed by atoms with van der Waals surface area (Å²) in [5.41, 5.74) is 1.52. The predicted molar refractivity (Wildman–Crippen MR) is 67.7 cm³/mol. The van der Waals surface area contributed by atoms with Crippen LogP contribution in [0.25, 0.3) is 0 Å². The summed E-state index contributed by atoms with van der Waals surface area (Å²) >= 11 is 5.76. The van der Waals surface area contributed by atoms with Crippen LogP contribution in [0.5, 0.6) is 0 Å². The molecular weight excluding hydrogens is 279 g/mol. The standard InChI is InChI=1S/C13H13ClF3NO/c1-7(8-6-10(8)14)12(19,13(15,16)17)9-4-2-3-5-11(9)18/h2-5,8,10,19H,1,6,18H2/t8-,10+,12?/m1/s1. The quantitative estimate of drug-likeness (QED) is 0.510. The number of rotatable bonds is 3. The fraction of sp³-hybridized carbons (Fsp3) is 0.385. The number of anilines is 1. The van der Waals surface area contributed by atoms with Crippen molar-refractivity contribution in [3.63, 3.8) is 0 Å². The van der Waals surface area contributed by atoms with Gasteiger partial charge in [-0.1, -0.05) is 24.8 Å². The van der Waals surface area contributed by atoms with Crippen molar-refractivity contribution in [1.29, 1.82) is 0 Å². The highest BCUT2D eigenvalue weighted by Crippen LogP contribution is 2.54. The molecule has 0 radical (unpaired) electrons. The van der Waals surface area contributed by atoms with Crippen LogP contribution in [-0.2, 0) is 5.60 Å². The van der Waals surface area contributed by atoms with Gasteiger partial charge < -0.3 is 10.8 Å². The van der Waals surface area contributed by atoms with Gasteiger partial charge in [-0.05, 0) is 18.1 Å². The van der Waals surface area contributed by atoms with Gasteiger partial charge in [0.2, 0.25) is 5.60 Å². The van der Waals surface area contributed by atoms with E-state index in [0.29, 0.717) is 6.42 Å². The summed E-state index contributed by atoms with van der Waals surface area (Å²) in [5.74, 6) is -0.548. The molecule has 1 aliphatic rings. The molecule has 1 unspecified atom stereocenters. The van der Waals surface area contributed by atoms with Crippen LogP contribution in [0.4, 0.5) is 18.9 Å². The molecule has 1 aliphatic carbocycles. The molecule has 0 aromatic heterocycles. The van der Waals surface area contributed by atoms with Crippen molar-refractivity contribution in [1.82, 2.24) is 0 Å². The summed E-state index contributed by atoms with van der Waals surface area (Å²) in [6.07, 6.45) is -4.52. The monoisotopic (exact) mass is 291 g/mol. The molecule has 1 saturated carbocycles. The van der Waals surface area contributed by atoms with Crippen molar-refractivity contribution in [3.8, 4) is 0 Å². The van der Waals surface area contributed by atoms with Gasteiger partial charge in [-0.15, -0.1) is 11.6 Å². The van der Waals surface area contributed by atoms with Crippen LogP contribution in [0.3, 0.4) is 0 Å². The topological polar surface area (TPSA) is 46.2 Å². The molecule has 0 aliphatic heterocycles. The minimum atomic E-state index is -4.90. The molecular formula is C13H13ClF3NO. The second kappa shape index (κ2) is 4.42. The largest absolute Gasteiger partial charge is 0.425 e. The molecule has 0 spiro atoms. The van der Waals surface area contributed by atoms with Gasteiger partial charge in [0.1, 0.15) is 0 Å². The van der Waals surface area contributed by atoms with E-state index in [-0.39, 0.29) is 11.3 Å². The molecule has 19 heavy (non-hydrogen) atoms. The lowest BCUT2D eigenvalue weighted by molar-refractivity contribution is -0.251. The van der Waals surface area contributed by atoms with Gasteiger partial charge in [0.15, 0.2) is 0 Å². The zero-order chi connectivity index (χ0) is 14.4. The molecule has 0 amide bonds. The summed E-state index contributed by atoms with van der Waals surface area (Å²) in [6.45, 7) is 3.41. The van der Waals surface area contributed by atoms with Gasteiger partial charge in [-0.25, -0.2) is 0 Å². The van der Waals surface area contributed by atoms with Gasteiger partial charge in [-0.2, -0.15) is 13.2 Å². The van der Waals surface area contributed by atoms with Gasteiger partial charge in [0.25, 0.3) is 0 Å². The van der Waals surface area contributed by atoms with Crippen LogP contribution >= 0.6 is 11.6 Å². The molecule has 1 aromatic rings. The Morgan fingerprint density at radius 1 is 1.37 bits per heavy atom. The SMILES string of the molecule is C=C([C@H]1C[C@@H]1Cl)C(O)(c1ccccc1N)C(F)(F)F. The Balaban J connectivity index is 2.53. The molecule has 0 saturated heterocycles. The van der Waals surface area contributed by atoms with Crippen LogP contribution in [0.15, 0.2) is 36.4 Å². The second-order valence-electron chi connectivity index (χ2n) is 4.68. The van der Waals surface area contributed by atoms with Crippen LogP contribution in [0, 0.1) is 5.92 Å². The summed E-state index contributed by atoms with van der Waals surface area (Å²) in [6, 6.07) is 5.35. The predicted octanol–water partition coefficient (Wildman–Crippen LogP) is 3.20. The van der Waals surface area contributed by atoms with Crippen LogP contribution in [-0.4, -0.2) is 16.7 Å². The molecule has 3 atom stereocenters. The van der Waals surface area contributed by atoms with Gasteiger partial charge in [0.05, 0.1) is 0 Å². The van der Waals surface area contributed by atoms with Gasteiger partial charge >= 0.3 is 6.18 Å². The Morgan fingerprint density at radius 3 is 2.32 bits per heavy atom. The van der Waals surface area contributed by atoms with Crippen molar-refractivity contribution in [3.05, 3.63) is 42.0 Å². The molecule has 1 aromatic carbocycles. The Kier molecular flexibility index (Phi) is 3.31. The van der Waals surface area contributed by atoms with Crippen LogP contribution < -0.4 is 5.73 Å². The van der Waals surface area contributed by atoms with Crippen molar-refractivity contribution in [2.45, 2.75) is 23.6 Å². The first-order valence-corrected chi connectivity index (χ1v) is 6.10. The zero-order valence-electron chi connectivity index (χ0n) is 9.91. The molecule has 1 fully saturated rings. The lowest BCUT2D eigenvalue weighted by Gasteiger charge is -2.34. The van der Waals surface area contributed by atoms with E-state index in [2.05, 4.69) is 6.58 Å². The minimum absolute atomic E-state index is 0.129. The first-order chi connectivity index (χ1) is 8.69. The van der Waals surface area contributed by atoms with Gasteiger partial charge in [-0.3, -0.25) is 0 Å². The summed E-state index contributed by atoms with van der Waals surface area (Å²) < 4.78 is 40.0. The Hall–Kier alpha value is -1.20. The van der Waals surface area contributed by atoms with E-state index in [9.17, 15) is 18.3 Å². The Morgan fingerprint density at radius 2 is 1.89 bits per heavy atom.